The van der Waals surface area contributed by atoms with Crippen LogP contribution in [-0.4, -0.2) is 31.6 Å². The van der Waals surface area contributed by atoms with Gasteiger partial charge in [0.2, 0.25) is 5.95 Å². The van der Waals surface area contributed by atoms with E-state index in [-0.39, 0.29) is 18.1 Å². The SMILES string of the molecule is CC(C)n1cnc2c(Nc3cc(N)cc(F)c3)nc(N[C@H]3CCCC[C@@H]3N)nc21. The van der Waals surface area contributed by atoms with E-state index in [1.165, 1.54) is 12.1 Å². The third-order valence-electron chi connectivity index (χ3n) is 5.29. The average Bonchev–Trinajstić information content (AvgIpc) is 3.07. The minimum absolute atomic E-state index is 0.0671. The first-order valence-electron chi connectivity index (χ1n) is 10.0. The molecule has 0 bridgehead atoms. The summed E-state index contributed by atoms with van der Waals surface area (Å²) in [6.45, 7) is 4.13. The van der Waals surface area contributed by atoms with Gasteiger partial charge in [0.1, 0.15) is 5.82 Å². The molecule has 1 fully saturated rings. The molecule has 6 N–H and O–H groups in total. The second-order valence-corrected chi connectivity index (χ2v) is 7.91. The van der Waals surface area contributed by atoms with Crippen LogP contribution in [0, 0.1) is 5.82 Å². The Hall–Kier alpha value is -2.94. The quantitative estimate of drug-likeness (QED) is 0.485. The first-order valence-corrected chi connectivity index (χ1v) is 10.0. The van der Waals surface area contributed by atoms with Gasteiger partial charge in [-0.15, -0.1) is 0 Å². The summed E-state index contributed by atoms with van der Waals surface area (Å²) in [7, 11) is 0. The third kappa shape index (κ3) is 4.09. The van der Waals surface area contributed by atoms with Crippen molar-refractivity contribution in [3.8, 4) is 0 Å². The number of imidazole rings is 1. The predicted molar refractivity (Wildman–Crippen MR) is 114 cm³/mol. The fourth-order valence-corrected chi connectivity index (χ4v) is 3.77. The second-order valence-electron chi connectivity index (χ2n) is 7.91. The van der Waals surface area contributed by atoms with Crippen molar-refractivity contribution in [2.45, 2.75) is 57.7 Å². The van der Waals surface area contributed by atoms with Gasteiger partial charge in [0.05, 0.1) is 6.33 Å². The number of hydrogen-bond donors (Lipinski definition) is 4. The number of nitrogen functional groups attached to an aromatic ring is 1. The topological polar surface area (TPSA) is 120 Å². The first kappa shape index (κ1) is 19.4. The number of fused-ring (bicyclic) bond motifs is 1. The molecule has 1 aliphatic carbocycles. The van der Waals surface area contributed by atoms with Gasteiger partial charge in [-0.3, -0.25) is 0 Å². The molecule has 0 amide bonds. The van der Waals surface area contributed by atoms with Gasteiger partial charge < -0.3 is 26.7 Å². The minimum Gasteiger partial charge on any atom is -0.399 e. The molecule has 154 valence electrons. The molecule has 0 unspecified atom stereocenters. The molecule has 29 heavy (non-hydrogen) atoms. The van der Waals surface area contributed by atoms with Crippen molar-refractivity contribution in [1.29, 1.82) is 0 Å². The molecule has 2 heterocycles. The van der Waals surface area contributed by atoms with Gasteiger partial charge in [-0.2, -0.15) is 9.97 Å². The van der Waals surface area contributed by atoms with Crippen LogP contribution in [0.15, 0.2) is 24.5 Å². The lowest BCUT2D eigenvalue weighted by molar-refractivity contribution is 0.402. The number of benzene rings is 1. The van der Waals surface area contributed by atoms with E-state index in [4.69, 9.17) is 16.5 Å². The summed E-state index contributed by atoms with van der Waals surface area (Å²) in [6, 6.07) is 4.66. The lowest BCUT2D eigenvalue weighted by Gasteiger charge is -2.29. The molecular weight excluding hydrogens is 371 g/mol. The summed E-state index contributed by atoms with van der Waals surface area (Å²) in [6.07, 6.45) is 5.98. The van der Waals surface area contributed by atoms with E-state index >= 15 is 0 Å². The van der Waals surface area contributed by atoms with Gasteiger partial charge in [0.25, 0.3) is 0 Å². The summed E-state index contributed by atoms with van der Waals surface area (Å²) in [5, 5.41) is 6.55. The maximum Gasteiger partial charge on any atom is 0.227 e. The maximum atomic E-state index is 13.8. The monoisotopic (exact) mass is 398 g/mol. The highest BCUT2D eigenvalue weighted by molar-refractivity contribution is 5.87. The molecule has 0 aliphatic heterocycles. The van der Waals surface area contributed by atoms with E-state index in [1.54, 1.807) is 12.4 Å². The van der Waals surface area contributed by atoms with E-state index < -0.39 is 5.82 Å². The fourth-order valence-electron chi connectivity index (χ4n) is 3.77. The van der Waals surface area contributed by atoms with Crippen LogP contribution >= 0.6 is 0 Å². The number of nitrogens with one attached hydrogen (secondary N) is 2. The van der Waals surface area contributed by atoms with Crippen LogP contribution in [0.1, 0.15) is 45.6 Å². The van der Waals surface area contributed by atoms with Crippen molar-refractivity contribution in [1.82, 2.24) is 19.5 Å². The lowest BCUT2D eigenvalue weighted by atomic mass is 9.91. The Bertz CT molecular complexity index is 995. The highest BCUT2D eigenvalue weighted by atomic mass is 19.1. The van der Waals surface area contributed by atoms with E-state index in [0.29, 0.717) is 34.3 Å². The Labute approximate surface area is 168 Å². The molecule has 1 saturated carbocycles. The predicted octanol–water partition coefficient (Wildman–Crippen LogP) is 3.55. The molecule has 8 nitrogen and oxygen atoms in total. The zero-order valence-electron chi connectivity index (χ0n) is 16.7. The smallest absolute Gasteiger partial charge is 0.227 e. The van der Waals surface area contributed by atoms with Crippen LogP contribution in [-0.2, 0) is 0 Å². The van der Waals surface area contributed by atoms with Crippen LogP contribution < -0.4 is 22.1 Å². The average molecular weight is 398 g/mol. The highest BCUT2D eigenvalue weighted by Gasteiger charge is 2.23. The van der Waals surface area contributed by atoms with Gasteiger partial charge in [-0.25, -0.2) is 9.37 Å². The number of anilines is 4. The van der Waals surface area contributed by atoms with E-state index in [9.17, 15) is 4.39 Å². The Kier molecular flexibility index (Phi) is 5.23. The number of hydrogen-bond acceptors (Lipinski definition) is 7. The summed E-state index contributed by atoms with van der Waals surface area (Å²) in [5.41, 5.74) is 14.2. The Morgan fingerprint density at radius 1 is 1.17 bits per heavy atom. The van der Waals surface area contributed by atoms with Crippen molar-refractivity contribution in [2.24, 2.45) is 5.73 Å². The fraction of sp³-hybridized carbons (Fsp3) is 0.450. The molecule has 2 aromatic heterocycles. The molecule has 3 aromatic rings. The van der Waals surface area contributed by atoms with Gasteiger partial charge >= 0.3 is 0 Å². The summed E-state index contributed by atoms with van der Waals surface area (Å²) >= 11 is 0. The minimum atomic E-state index is -0.419. The molecular formula is C20H27FN8. The molecule has 9 heteroatoms. The van der Waals surface area contributed by atoms with E-state index in [2.05, 4.69) is 34.4 Å². The molecule has 2 atom stereocenters. The van der Waals surface area contributed by atoms with Crippen LogP contribution in [0.3, 0.4) is 0 Å². The zero-order chi connectivity index (χ0) is 20.5. The highest BCUT2D eigenvalue weighted by Crippen LogP contribution is 2.28. The normalized spacial score (nSPS) is 19.6. The summed E-state index contributed by atoms with van der Waals surface area (Å²) < 4.78 is 15.8. The van der Waals surface area contributed by atoms with Crippen molar-refractivity contribution in [2.75, 3.05) is 16.4 Å². The van der Waals surface area contributed by atoms with Crippen molar-refractivity contribution in [3.05, 3.63) is 30.3 Å². The largest absolute Gasteiger partial charge is 0.399 e. The lowest BCUT2D eigenvalue weighted by Crippen LogP contribution is -2.43. The number of nitrogens with zero attached hydrogens (tertiary/aromatic N) is 4. The van der Waals surface area contributed by atoms with E-state index in [0.717, 1.165) is 25.7 Å². The molecule has 0 radical (unpaired) electrons. The Morgan fingerprint density at radius 3 is 2.69 bits per heavy atom. The van der Waals surface area contributed by atoms with Crippen molar-refractivity contribution < 1.29 is 4.39 Å². The third-order valence-corrected chi connectivity index (χ3v) is 5.29. The van der Waals surface area contributed by atoms with Gasteiger partial charge in [-0.1, -0.05) is 12.8 Å². The van der Waals surface area contributed by atoms with Crippen LogP contribution in [0.25, 0.3) is 11.2 Å². The van der Waals surface area contributed by atoms with E-state index in [1.807, 2.05) is 4.57 Å². The number of rotatable bonds is 5. The Morgan fingerprint density at radius 2 is 1.97 bits per heavy atom. The van der Waals surface area contributed by atoms with Gasteiger partial charge in [0, 0.05) is 29.5 Å². The second kappa shape index (κ2) is 7.82. The molecule has 4 rings (SSSR count). The number of nitrogens with two attached hydrogens (primary N) is 2. The van der Waals surface area contributed by atoms with Gasteiger partial charge in [0.15, 0.2) is 17.0 Å². The standard InChI is InChI=1S/C20H27FN8/c1-11(2)29-10-24-17-18(25-14-8-12(21)7-13(22)9-14)27-20(28-19(17)29)26-16-6-4-3-5-15(16)23/h7-11,15-16H,3-6,22-23H2,1-2H3,(H2,25,26,27,28)/t15-,16-/m0/s1. The van der Waals surface area contributed by atoms with Crippen molar-refractivity contribution in [3.63, 3.8) is 0 Å². The summed E-state index contributed by atoms with van der Waals surface area (Å²) in [4.78, 5) is 13.8. The molecule has 0 saturated heterocycles. The maximum absolute atomic E-state index is 13.8. The van der Waals surface area contributed by atoms with Gasteiger partial charge in [-0.05, 0) is 44.9 Å². The van der Waals surface area contributed by atoms with Crippen LogP contribution in [0.2, 0.25) is 0 Å². The summed E-state index contributed by atoms with van der Waals surface area (Å²) in [5.74, 6) is 0.553. The number of aromatic nitrogens is 4. The van der Waals surface area contributed by atoms with Crippen molar-refractivity contribution >= 4 is 34.3 Å². The molecule has 1 aliphatic rings. The van der Waals surface area contributed by atoms with Crippen LogP contribution in [0.5, 0.6) is 0 Å². The first-order chi connectivity index (χ1) is 13.9. The number of halogens is 1. The molecule has 0 spiro atoms. The van der Waals surface area contributed by atoms with Crippen LogP contribution in [0.4, 0.5) is 27.5 Å². The zero-order valence-corrected chi connectivity index (χ0v) is 16.7. The molecule has 1 aromatic carbocycles. The Balaban J connectivity index is 1.75.